The highest BCUT2D eigenvalue weighted by Gasteiger charge is 2.00. The van der Waals surface area contributed by atoms with Crippen LogP contribution in [0.1, 0.15) is 0 Å². The fourth-order valence-corrected chi connectivity index (χ4v) is 1.75. The number of rotatable bonds is 4. The van der Waals surface area contributed by atoms with Gasteiger partial charge in [0.15, 0.2) is 11.6 Å². The summed E-state index contributed by atoms with van der Waals surface area (Å²) in [5, 5.41) is 11.4. The average Bonchev–Trinajstić information content (AvgIpc) is 3.03. The number of imidazole rings is 1. The monoisotopic (exact) mass is 267 g/mol. The van der Waals surface area contributed by atoms with Gasteiger partial charge in [-0.2, -0.15) is 0 Å². The van der Waals surface area contributed by atoms with E-state index in [1.807, 2.05) is 42.6 Å². The van der Waals surface area contributed by atoms with Gasteiger partial charge in [0, 0.05) is 18.1 Å². The molecule has 20 heavy (non-hydrogen) atoms. The number of methoxy groups -OCH3 is 1. The summed E-state index contributed by atoms with van der Waals surface area (Å²) in [6.07, 6.45) is 5.20. The van der Waals surface area contributed by atoms with Gasteiger partial charge in [-0.05, 0) is 36.4 Å². The second-order valence-electron chi connectivity index (χ2n) is 4.10. The first-order valence-corrected chi connectivity index (χ1v) is 6.08. The van der Waals surface area contributed by atoms with E-state index in [0.717, 1.165) is 17.3 Å². The predicted molar refractivity (Wildman–Crippen MR) is 75.4 cm³/mol. The molecular formula is C14H13N5O. The minimum atomic E-state index is 0.680. The van der Waals surface area contributed by atoms with Crippen LogP contribution >= 0.6 is 0 Å². The van der Waals surface area contributed by atoms with Crippen LogP contribution in [0.15, 0.2) is 55.1 Å². The first-order chi connectivity index (χ1) is 9.85. The molecule has 2 heterocycles. The Bertz CT molecular complexity index is 662. The van der Waals surface area contributed by atoms with E-state index in [0.29, 0.717) is 5.82 Å². The second-order valence-corrected chi connectivity index (χ2v) is 4.10. The summed E-state index contributed by atoms with van der Waals surface area (Å²) < 4.78 is 6.91. The van der Waals surface area contributed by atoms with E-state index in [4.69, 9.17) is 4.74 Å². The molecule has 0 radical (unpaired) electrons. The van der Waals surface area contributed by atoms with Crippen molar-refractivity contribution < 1.29 is 4.74 Å². The van der Waals surface area contributed by atoms with Crippen LogP contribution in [0.4, 0.5) is 11.5 Å². The molecule has 0 unspecified atom stereocenters. The second kappa shape index (κ2) is 5.40. The molecule has 6 nitrogen and oxygen atoms in total. The largest absolute Gasteiger partial charge is 0.497 e. The molecule has 2 aromatic heterocycles. The summed E-state index contributed by atoms with van der Waals surface area (Å²) >= 11 is 0. The molecule has 0 atom stereocenters. The molecule has 1 aromatic carbocycles. The molecule has 100 valence electrons. The molecule has 0 bridgehead atoms. The van der Waals surface area contributed by atoms with Crippen LogP contribution in [0.2, 0.25) is 0 Å². The van der Waals surface area contributed by atoms with Crippen LogP contribution in [0.5, 0.6) is 5.75 Å². The lowest BCUT2D eigenvalue weighted by molar-refractivity contribution is 0.415. The van der Waals surface area contributed by atoms with E-state index in [1.165, 1.54) is 0 Å². The van der Waals surface area contributed by atoms with E-state index < -0.39 is 0 Å². The number of aromatic nitrogens is 4. The van der Waals surface area contributed by atoms with Gasteiger partial charge in [0.25, 0.3) is 0 Å². The van der Waals surface area contributed by atoms with Crippen molar-refractivity contribution in [2.24, 2.45) is 0 Å². The minimum absolute atomic E-state index is 0.680. The van der Waals surface area contributed by atoms with Gasteiger partial charge in [-0.1, -0.05) is 0 Å². The summed E-state index contributed by atoms with van der Waals surface area (Å²) in [5.74, 6) is 2.22. The molecule has 0 amide bonds. The Morgan fingerprint density at radius 1 is 1.05 bits per heavy atom. The number of anilines is 2. The maximum atomic E-state index is 5.11. The molecule has 0 aliphatic carbocycles. The van der Waals surface area contributed by atoms with Crippen molar-refractivity contribution in [2.75, 3.05) is 12.4 Å². The lowest BCUT2D eigenvalue weighted by Gasteiger charge is -2.06. The number of nitrogens with zero attached hydrogens (tertiary/aromatic N) is 4. The third-order valence-electron chi connectivity index (χ3n) is 2.78. The molecule has 0 aliphatic rings. The van der Waals surface area contributed by atoms with Crippen molar-refractivity contribution in [1.82, 2.24) is 19.7 Å². The lowest BCUT2D eigenvalue weighted by Crippen LogP contribution is -2.00. The van der Waals surface area contributed by atoms with Crippen LogP contribution in [-0.4, -0.2) is 26.9 Å². The van der Waals surface area contributed by atoms with Crippen molar-refractivity contribution in [3.05, 3.63) is 55.1 Å². The van der Waals surface area contributed by atoms with Crippen LogP contribution in [0.3, 0.4) is 0 Å². The molecular weight excluding hydrogens is 254 g/mol. The highest BCUT2D eigenvalue weighted by Crippen LogP contribution is 2.18. The first kappa shape index (κ1) is 12.2. The number of ether oxygens (including phenoxy) is 1. The van der Waals surface area contributed by atoms with Gasteiger partial charge in [-0.3, -0.25) is 4.57 Å². The molecule has 3 aromatic rings. The van der Waals surface area contributed by atoms with Gasteiger partial charge in [0.2, 0.25) is 0 Å². The van der Waals surface area contributed by atoms with Crippen LogP contribution in [-0.2, 0) is 0 Å². The van der Waals surface area contributed by atoms with Gasteiger partial charge in [-0.25, -0.2) is 4.98 Å². The van der Waals surface area contributed by atoms with Crippen molar-refractivity contribution in [3.8, 4) is 11.6 Å². The summed E-state index contributed by atoms with van der Waals surface area (Å²) in [4.78, 5) is 3.97. The van der Waals surface area contributed by atoms with Crippen molar-refractivity contribution in [2.45, 2.75) is 0 Å². The smallest absolute Gasteiger partial charge is 0.160 e. The minimum Gasteiger partial charge on any atom is -0.497 e. The summed E-state index contributed by atoms with van der Waals surface area (Å²) in [7, 11) is 1.64. The zero-order valence-corrected chi connectivity index (χ0v) is 10.9. The third-order valence-corrected chi connectivity index (χ3v) is 2.78. The molecule has 0 saturated heterocycles. The van der Waals surface area contributed by atoms with E-state index in [-0.39, 0.29) is 0 Å². The van der Waals surface area contributed by atoms with E-state index >= 15 is 0 Å². The maximum absolute atomic E-state index is 5.11. The highest BCUT2D eigenvalue weighted by atomic mass is 16.5. The normalized spacial score (nSPS) is 10.2. The zero-order valence-electron chi connectivity index (χ0n) is 10.9. The maximum Gasteiger partial charge on any atom is 0.160 e. The fourth-order valence-electron chi connectivity index (χ4n) is 1.75. The van der Waals surface area contributed by atoms with E-state index in [2.05, 4.69) is 20.5 Å². The topological polar surface area (TPSA) is 64.9 Å². The Labute approximate surface area is 116 Å². The Hall–Kier alpha value is -2.89. The van der Waals surface area contributed by atoms with Crippen molar-refractivity contribution >= 4 is 11.5 Å². The SMILES string of the molecule is COc1ccc(Nc2ccc(-n3ccnc3)nn2)cc1. The highest BCUT2D eigenvalue weighted by molar-refractivity contribution is 5.56. The summed E-state index contributed by atoms with van der Waals surface area (Å²) in [6.45, 7) is 0. The van der Waals surface area contributed by atoms with Crippen molar-refractivity contribution in [3.63, 3.8) is 0 Å². The van der Waals surface area contributed by atoms with Crippen LogP contribution in [0.25, 0.3) is 5.82 Å². The van der Waals surface area contributed by atoms with Crippen LogP contribution < -0.4 is 10.1 Å². The molecule has 0 spiro atoms. The van der Waals surface area contributed by atoms with Crippen molar-refractivity contribution in [1.29, 1.82) is 0 Å². The molecule has 6 heteroatoms. The molecule has 1 N–H and O–H groups in total. The van der Waals surface area contributed by atoms with Gasteiger partial charge in [0.1, 0.15) is 12.1 Å². The van der Waals surface area contributed by atoms with Gasteiger partial charge in [0.05, 0.1) is 7.11 Å². The van der Waals surface area contributed by atoms with E-state index in [1.54, 1.807) is 24.2 Å². The number of benzene rings is 1. The standard InChI is InChI=1S/C14H13N5O/c1-20-12-4-2-11(3-5-12)16-13-6-7-14(18-17-13)19-9-8-15-10-19/h2-10H,1H3,(H,16,17). The quantitative estimate of drug-likeness (QED) is 0.786. The molecule has 0 aliphatic heterocycles. The number of hydrogen-bond acceptors (Lipinski definition) is 5. The Morgan fingerprint density at radius 3 is 2.50 bits per heavy atom. The Morgan fingerprint density at radius 2 is 1.90 bits per heavy atom. The Balaban J connectivity index is 1.74. The number of hydrogen-bond donors (Lipinski definition) is 1. The number of nitrogens with one attached hydrogen (secondary N) is 1. The molecule has 3 rings (SSSR count). The predicted octanol–water partition coefficient (Wildman–Crippen LogP) is 2.41. The average molecular weight is 267 g/mol. The van der Waals surface area contributed by atoms with Gasteiger partial charge >= 0.3 is 0 Å². The lowest BCUT2D eigenvalue weighted by atomic mass is 10.3. The zero-order chi connectivity index (χ0) is 13.8. The molecule has 0 saturated carbocycles. The Kier molecular flexibility index (Phi) is 3.28. The fraction of sp³-hybridized carbons (Fsp3) is 0.0714. The van der Waals surface area contributed by atoms with Gasteiger partial charge < -0.3 is 10.1 Å². The molecule has 0 fully saturated rings. The van der Waals surface area contributed by atoms with E-state index in [9.17, 15) is 0 Å². The third kappa shape index (κ3) is 2.59. The summed E-state index contributed by atoms with van der Waals surface area (Å²) in [5.41, 5.74) is 0.926. The van der Waals surface area contributed by atoms with Crippen LogP contribution in [0, 0.1) is 0 Å². The summed E-state index contributed by atoms with van der Waals surface area (Å²) in [6, 6.07) is 11.4. The van der Waals surface area contributed by atoms with Gasteiger partial charge in [-0.15, -0.1) is 10.2 Å². The first-order valence-electron chi connectivity index (χ1n) is 6.08.